The second-order valence-corrected chi connectivity index (χ2v) is 8.68. The van der Waals surface area contributed by atoms with Crippen LogP contribution in [0.25, 0.3) is 0 Å². The van der Waals surface area contributed by atoms with E-state index in [0.717, 1.165) is 32.1 Å². The molecule has 1 fully saturated rings. The van der Waals surface area contributed by atoms with Crippen molar-refractivity contribution in [2.75, 3.05) is 59.4 Å². The molecule has 0 aromatic heterocycles. The summed E-state index contributed by atoms with van der Waals surface area (Å²) in [5.41, 5.74) is 2.64. The molecule has 0 spiro atoms. The minimum absolute atomic E-state index is 0. The van der Waals surface area contributed by atoms with Gasteiger partial charge in [-0.05, 0) is 31.0 Å². The lowest BCUT2D eigenvalue weighted by atomic mass is 9.91. The van der Waals surface area contributed by atoms with Crippen LogP contribution >= 0.6 is 24.0 Å². The first kappa shape index (κ1) is 26.6. The maximum atomic E-state index is 4.91. The molecular formula is C26H40IN5. The fourth-order valence-electron chi connectivity index (χ4n) is 4.12. The zero-order chi connectivity index (χ0) is 21.9. The van der Waals surface area contributed by atoms with Crippen molar-refractivity contribution in [2.45, 2.75) is 19.8 Å². The first-order valence-electron chi connectivity index (χ1n) is 11.7. The second-order valence-electron chi connectivity index (χ2n) is 8.68. The smallest absolute Gasteiger partial charge is 0.191 e. The molecule has 1 aliphatic heterocycles. The highest BCUT2D eigenvalue weighted by molar-refractivity contribution is 14.0. The van der Waals surface area contributed by atoms with Crippen molar-refractivity contribution >= 4 is 29.9 Å². The van der Waals surface area contributed by atoms with Gasteiger partial charge in [-0.3, -0.25) is 4.99 Å². The number of nitrogens with zero attached hydrogens (tertiary/aromatic N) is 3. The third kappa shape index (κ3) is 8.71. The van der Waals surface area contributed by atoms with Gasteiger partial charge in [-0.15, -0.1) is 24.0 Å². The van der Waals surface area contributed by atoms with Crippen molar-refractivity contribution in [1.29, 1.82) is 0 Å². The van der Waals surface area contributed by atoms with Crippen molar-refractivity contribution in [3.63, 3.8) is 0 Å². The molecule has 0 bridgehead atoms. The van der Waals surface area contributed by atoms with Crippen molar-refractivity contribution in [1.82, 2.24) is 20.4 Å². The van der Waals surface area contributed by atoms with Crippen LogP contribution in [0.5, 0.6) is 0 Å². The molecule has 176 valence electrons. The molecule has 2 N–H and O–H groups in total. The van der Waals surface area contributed by atoms with Gasteiger partial charge in [-0.2, -0.15) is 0 Å². The van der Waals surface area contributed by atoms with Crippen LogP contribution in [0.3, 0.4) is 0 Å². The Morgan fingerprint density at radius 2 is 1.47 bits per heavy atom. The Labute approximate surface area is 211 Å². The summed E-state index contributed by atoms with van der Waals surface area (Å²) in [5, 5.41) is 7.03. The highest BCUT2D eigenvalue weighted by Gasteiger charge is 2.17. The number of hydrogen-bond acceptors (Lipinski definition) is 3. The van der Waals surface area contributed by atoms with Crippen LogP contribution in [-0.2, 0) is 0 Å². The standard InChI is InChI=1S/C26H39N5.HI/c1-4-27-26(28-19-22(2)21-31-17-15-30(3)16-18-31)29-20-25(23-11-7-5-8-12-23)24-13-9-6-10-14-24;/h5-14,22,25H,4,15-21H2,1-3H3,(H2,27,28,29);1H. The van der Waals surface area contributed by atoms with Crippen molar-refractivity contribution in [2.24, 2.45) is 10.9 Å². The van der Waals surface area contributed by atoms with E-state index in [9.17, 15) is 0 Å². The summed E-state index contributed by atoms with van der Waals surface area (Å²) in [7, 11) is 2.21. The van der Waals surface area contributed by atoms with E-state index in [0.29, 0.717) is 5.92 Å². The number of aliphatic imine (C=N–C) groups is 1. The molecule has 3 rings (SSSR count). The Morgan fingerprint density at radius 3 is 2.00 bits per heavy atom. The Balaban J connectivity index is 0.00000363. The molecule has 1 aliphatic rings. The predicted molar refractivity (Wildman–Crippen MR) is 147 cm³/mol. The molecule has 5 nitrogen and oxygen atoms in total. The average molecular weight is 550 g/mol. The normalized spacial score (nSPS) is 16.4. The van der Waals surface area contributed by atoms with Crippen LogP contribution < -0.4 is 10.6 Å². The number of guanidine groups is 1. The van der Waals surface area contributed by atoms with E-state index in [1.165, 1.54) is 37.3 Å². The van der Waals surface area contributed by atoms with Crippen molar-refractivity contribution in [3.05, 3.63) is 71.8 Å². The first-order chi connectivity index (χ1) is 15.2. The third-order valence-electron chi connectivity index (χ3n) is 5.95. The number of nitrogens with one attached hydrogen (secondary N) is 2. The maximum Gasteiger partial charge on any atom is 0.191 e. The summed E-state index contributed by atoms with van der Waals surface area (Å²) in [4.78, 5) is 9.89. The van der Waals surface area contributed by atoms with Gasteiger partial charge in [0, 0.05) is 58.3 Å². The van der Waals surface area contributed by atoms with Gasteiger partial charge in [0.15, 0.2) is 5.96 Å². The fraction of sp³-hybridized carbons (Fsp3) is 0.500. The molecule has 1 saturated heterocycles. The lowest BCUT2D eigenvalue weighted by Gasteiger charge is -2.33. The summed E-state index contributed by atoms with van der Waals surface area (Å²) < 4.78 is 0. The molecule has 32 heavy (non-hydrogen) atoms. The Hall–Kier alpha value is -1.64. The molecule has 6 heteroatoms. The molecule has 2 aromatic carbocycles. The molecule has 0 amide bonds. The van der Waals surface area contributed by atoms with E-state index in [1.807, 2.05) is 0 Å². The highest BCUT2D eigenvalue weighted by atomic mass is 127. The number of hydrogen-bond donors (Lipinski definition) is 2. The van der Waals surface area contributed by atoms with Gasteiger partial charge in [0.05, 0.1) is 0 Å². The zero-order valence-electron chi connectivity index (χ0n) is 19.8. The second kappa shape index (κ2) is 14.5. The largest absolute Gasteiger partial charge is 0.357 e. The first-order valence-corrected chi connectivity index (χ1v) is 11.7. The minimum atomic E-state index is 0. The zero-order valence-corrected chi connectivity index (χ0v) is 22.2. The summed E-state index contributed by atoms with van der Waals surface area (Å²) >= 11 is 0. The molecule has 1 heterocycles. The van der Waals surface area contributed by atoms with Crippen LogP contribution in [0.2, 0.25) is 0 Å². The Bertz CT molecular complexity index is 736. The summed E-state index contributed by atoms with van der Waals surface area (Å²) in [6.45, 7) is 12.7. The topological polar surface area (TPSA) is 42.9 Å². The SMILES string of the molecule is CCNC(=NCC(C)CN1CCN(C)CC1)NCC(c1ccccc1)c1ccccc1.I. The van der Waals surface area contributed by atoms with Gasteiger partial charge in [0.25, 0.3) is 0 Å². The number of rotatable bonds is 9. The van der Waals surface area contributed by atoms with Gasteiger partial charge >= 0.3 is 0 Å². The highest BCUT2D eigenvalue weighted by Crippen LogP contribution is 2.23. The lowest BCUT2D eigenvalue weighted by Crippen LogP contribution is -2.46. The third-order valence-corrected chi connectivity index (χ3v) is 5.95. The molecule has 2 aromatic rings. The molecule has 0 saturated carbocycles. The van der Waals surface area contributed by atoms with E-state index in [2.05, 4.69) is 102 Å². The Morgan fingerprint density at radius 1 is 0.906 bits per heavy atom. The van der Waals surface area contributed by atoms with Crippen LogP contribution in [0.15, 0.2) is 65.7 Å². The average Bonchev–Trinajstić information content (AvgIpc) is 2.80. The van der Waals surface area contributed by atoms with Crippen LogP contribution in [0.1, 0.15) is 30.9 Å². The number of piperazine rings is 1. The van der Waals surface area contributed by atoms with Gasteiger partial charge in [-0.25, -0.2) is 0 Å². The Kier molecular flexibility index (Phi) is 12.1. The molecular weight excluding hydrogens is 509 g/mol. The predicted octanol–water partition coefficient (Wildman–Crippen LogP) is 3.88. The molecule has 1 atom stereocenters. The van der Waals surface area contributed by atoms with Crippen LogP contribution in [0, 0.1) is 5.92 Å². The van der Waals surface area contributed by atoms with Gasteiger partial charge in [0.1, 0.15) is 0 Å². The monoisotopic (exact) mass is 549 g/mol. The van der Waals surface area contributed by atoms with E-state index in [4.69, 9.17) is 4.99 Å². The maximum absolute atomic E-state index is 4.91. The van der Waals surface area contributed by atoms with E-state index in [1.54, 1.807) is 0 Å². The van der Waals surface area contributed by atoms with E-state index < -0.39 is 0 Å². The lowest BCUT2D eigenvalue weighted by molar-refractivity contribution is 0.140. The fourth-order valence-corrected chi connectivity index (χ4v) is 4.12. The van der Waals surface area contributed by atoms with Crippen molar-refractivity contribution < 1.29 is 0 Å². The quantitative estimate of drug-likeness (QED) is 0.283. The van der Waals surface area contributed by atoms with Crippen LogP contribution in [0.4, 0.5) is 0 Å². The number of likely N-dealkylation sites (N-methyl/N-ethyl adjacent to an activating group) is 1. The van der Waals surface area contributed by atoms with Gasteiger partial charge < -0.3 is 20.4 Å². The summed E-state index contributed by atoms with van der Waals surface area (Å²) in [5.74, 6) is 1.73. The minimum Gasteiger partial charge on any atom is -0.357 e. The molecule has 0 aliphatic carbocycles. The van der Waals surface area contributed by atoms with E-state index >= 15 is 0 Å². The van der Waals surface area contributed by atoms with Gasteiger partial charge in [0.2, 0.25) is 0 Å². The van der Waals surface area contributed by atoms with Gasteiger partial charge in [-0.1, -0.05) is 67.6 Å². The summed E-state index contributed by atoms with van der Waals surface area (Å²) in [6.07, 6.45) is 0. The summed E-state index contributed by atoms with van der Waals surface area (Å²) in [6, 6.07) is 21.5. The number of benzene rings is 2. The van der Waals surface area contributed by atoms with Crippen molar-refractivity contribution in [3.8, 4) is 0 Å². The van der Waals surface area contributed by atoms with E-state index in [-0.39, 0.29) is 29.9 Å². The molecule has 1 unspecified atom stereocenters. The van der Waals surface area contributed by atoms with Crippen LogP contribution in [-0.4, -0.2) is 75.2 Å². The molecule has 0 radical (unpaired) electrons. The number of halogens is 1.